The molecule has 10 heteroatoms. The number of rotatable bonds is 9. The van der Waals surface area contributed by atoms with Crippen molar-refractivity contribution in [3.8, 4) is 33.3 Å². The molecule has 25 heavy (non-hydrogen) atoms. The summed E-state index contributed by atoms with van der Waals surface area (Å²) in [5, 5.41) is 0. The van der Waals surface area contributed by atoms with Crippen LogP contribution in [0.5, 0.6) is 0 Å². The topological polar surface area (TPSA) is 55.4 Å². The fourth-order valence-corrected chi connectivity index (χ4v) is 4.82. The lowest BCUT2D eigenvalue weighted by molar-refractivity contribution is -0.0429. The molecule has 6 nitrogen and oxygen atoms in total. The summed E-state index contributed by atoms with van der Waals surface area (Å²) in [5.41, 5.74) is 18.6. The van der Waals surface area contributed by atoms with E-state index in [9.17, 15) is 0 Å². The van der Waals surface area contributed by atoms with Crippen LogP contribution in [0.2, 0.25) is 0 Å². The van der Waals surface area contributed by atoms with Gasteiger partial charge in [0.2, 0.25) is 28.6 Å². The average Bonchev–Trinajstić information content (AvgIpc) is 2.65. The van der Waals surface area contributed by atoms with Gasteiger partial charge >= 0.3 is 8.80 Å². The zero-order chi connectivity index (χ0) is 18.9. The minimum atomic E-state index is -1.48. The van der Waals surface area contributed by atoms with Crippen molar-refractivity contribution >= 4 is 37.4 Å². The molecule has 7 radical (unpaired) electrons. The van der Waals surface area contributed by atoms with Crippen molar-refractivity contribution < 1.29 is 28.4 Å². The van der Waals surface area contributed by atoms with E-state index < -0.39 is 8.80 Å². The van der Waals surface area contributed by atoms with Gasteiger partial charge in [0.05, 0.1) is 0 Å². The summed E-state index contributed by atoms with van der Waals surface area (Å²) in [6.45, 7) is 0. The third-order valence-electron chi connectivity index (χ3n) is 2.42. The molecule has 0 N–H and O–H groups in total. The summed E-state index contributed by atoms with van der Waals surface area (Å²) < 4.78 is 30.8. The van der Waals surface area contributed by atoms with Crippen LogP contribution in [0.3, 0.4) is 0 Å². The van der Waals surface area contributed by atoms with Crippen molar-refractivity contribution in [3.05, 3.63) is 0 Å². The fraction of sp³-hybridized carbons (Fsp3) is 0.600. The van der Waals surface area contributed by atoms with E-state index in [0.717, 1.165) is 0 Å². The van der Waals surface area contributed by atoms with E-state index in [1.807, 2.05) is 0 Å². The summed E-state index contributed by atoms with van der Waals surface area (Å²) in [6.07, 6.45) is 0. The van der Waals surface area contributed by atoms with Crippen LogP contribution in [-0.4, -0.2) is 97.8 Å². The maximum atomic E-state index is 5.13. The summed E-state index contributed by atoms with van der Waals surface area (Å²) in [4.78, 5) is 0. The first kappa shape index (κ1) is 24.3. The molecule has 0 bridgehead atoms. The molecule has 0 fully saturated rings. The van der Waals surface area contributed by atoms with Crippen molar-refractivity contribution in [3.63, 3.8) is 0 Å². The lowest BCUT2D eigenvalue weighted by Gasteiger charge is -2.07. The van der Waals surface area contributed by atoms with Crippen molar-refractivity contribution in [2.75, 3.05) is 42.7 Å². The minimum Gasteiger partial charge on any atom is -0.359 e. The van der Waals surface area contributed by atoms with E-state index in [0.29, 0.717) is 0 Å². The largest absolute Gasteiger partial charge is 0.359 e. The highest BCUT2D eigenvalue weighted by molar-refractivity contribution is 6.84. The Morgan fingerprint density at radius 2 is 0.760 bits per heavy atom. The van der Waals surface area contributed by atoms with E-state index in [2.05, 4.69) is 33.3 Å². The molecule has 0 atom stereocenters. The highest BCUT2D eigenvalue weighted by Gasteiger charge is 2.08. The Morgan fingerprint density at radius 3 is 0.960 bits per heavy atom. The zero-order valence-electron chi connectivity index (χ0n) is 15.2. The van der Waals surface area contributed by atoms with Crippen molar-refractivity contribution in [2.24, 2.45) is 0 Å². The third-order valence-corrected chi connectivity index (χ3v) is 7.22. The lowest BCUT2D eigenvalue weighted by Crippen LogP contribution is -2.22. The molecule has 0 saturated carbocycles. The molecule has 0 aromatic rings. The molecule has 0 heterocycles. The van der Waals surface area contributed by atoms with E-state index in [-0.39, 0.29) is 46.3 Å². The van der Waals surface area contributed by atoms with Crippen molar-refractivity contribution in [2.45, 2.75) is 17.7 Å². The second kappa shape index (κ2) is 16.8. The molecule has 0 unspecified atom stereocenters. The predicted octanol–water partition coefficient (Wildman–Crippen LogP) is -1.18. The first-order chi connectivity index (χ1) is 12.1. The van der Waals surface area contributed by atoms with Gasteiger partial charge < -0.3 is 28.4 Å². The van der Waals surface area contributed by atoms with E-state index in [1.54, 1.807) is 42.7 Å². The highest BCUT2D eigenvalue weighted by atomic mass is 28.3. The molecule has 0 spiro atoms. The van der Waals surface area contributed by atoms with Crippen molar-refractivity contribution in [1.82, 2.24) is 0 Å². The molecule has 0 aromatic carbocycles. The molecule has 0 rings (SSSR count). The number of methoxy groups -OCH3 is 6. The predicted molar refractivity (Wildman–Crippen MR) is 99.8 cm³/mol. The Hall–Kier alpha value is -0.692. The van der Waals surface area contributed by atoms with Crippen LogP contribution in [0, 0.1) is 33.3 Å². The fourth-order valence-electron chi connectivity index (χ4n) is 1.21. The van der Waals surface area contributed by atoms with Crippen LogP contribution >= 0.6 is 0 Å². The quantitative estimate of drug-likeness (QED) is 0.272. The molecule has 0 saturated heterocycles. The van der Waals surface area contributed by atoms with Gasteiger partial charge in [-0.25, -0.2) is 0 Å². The highest BCUT2D eigenvalue weighted by Crippen LogP contribution is 1.89. The third kappa shape index (κ3) is 12.3. The van der Waals surface area contributed by atoms with Gasteiger partial charge in [0.15, 0.2) is 17.7 Å². The normalized spacial score (nSPS) is 10.3. The van der Waals surface area contributed by atoms with Crippen LogP contribution in [-0.2, 0) is 28.4 Å². The Bertz CT molecular complexity index is 439. The van der Waals surface area contributed by atoms with Crippen LogP contribution in [0.1, 0.15) is 0 Å². The second-order valence-corrected chi connectivity index (χ2v) is 8.50. The molecule has 0 aliphatic carbocycles. The Labute approximate surface area is 159 Å². The van der Waals surface area contributed by atoms with Crippen LogP contribution in [0.15, 0.2) is 0 Å². The SMILES string of the molecule is COC(OC)[Si]C#C[Si](C#C[Si]C(OC)OC)C#C[Si]C(OC)OC. The van der Waals surface area contributed by atoms with E-state index in [4.69, 9.17) is 28.4 Å². The number of hydrogen-bond acceptors (Lipinski definition) is 6. The summed E-state index contributed by atoms with van der Waals surface area (Å²) in [5.74, 6) is -0.963. The Kier molecular flexibility index (Phi) is 16.3. The van der Waals surface area contributed by atoms with Crippen LogP contribution in [0.25, 0.3) is 0 Å². The summed E-state index contributed by atoms with van der Waals surface area (Å²) >= 11 is 0. The van der Waals surface area contributed by atoms with Crippen molar-refractivity contribution in [1.29, 1.82) is 0 Å². The Morgan fingerprint density at radius 1 is 0.520 bits per heavy atom. The number of hydrogen-bond donors (Lipinski definition) is 0. The lowest BCUT2D eigenvalue weighted by atomic mass is 11.3. The second-order valence-electron chi connectivity index (χ2n) is 3.97. The first-order valence-electron chi connectivity index (χ1n) is 6.98. The molecular weight excluding hydrogens is 389 g/mol. The molecule has 0 amide bonds. The molecule has 0 aromatic heterocycles. The van der Waals surface area contributed by atoms with Crippen LogP contribution < -0.4 is 0 Å². The standard InChI is InChI=1S/C15H21O6Si4/c1-16-13(17-2)22-7-10-25(11-8-23-14(18-3)19-4)12-9-24-15(20-5)21-6/h13-15H,1-6H3. The molecule has 0 aliphatic rings. The maximum absolute atomic E-state index is 5.13. The molecule has 133 valence electrons. The monoisotopic (exact) mass is 409 g/mol. The van der Waals surface area contributed by atoms with Gasteiger partial charge in [-0.2, -0.15) is 0 Å². The smallest absolute Gasteiger partial charge is 0.315 e. The van der Waals surface area contributed by atoms with E-state index in [1.165, 1.54) is 0 Å². The molecule has 0 aliphatic heterocycles. The summed E-state index contributed by atoms with van der Waals surface area (Å²) in [7, 11) is 8.66. The Balaban J connectivity index is 4.96. The van der Waals surface area contributed by atoms with E-state index >= 15 is 0 Å². The van der Waals surface area contributed by atoms with Gasteiger partial charge in [0.25, 0.3) is 0 Å². The zero-order valence-corrected chi connectivity index (χ0v) is 19.2. The van der Waals surface area contributed by atoms with Gasteiger partial charge in [0.1, 0.15) is 0 Å². The van der Waals surface area contributed by atoms with Gasteiger partial charge in [-0.1, -0.05) is 0 Å². The molecular formula is C15H21O6Si4. The average molecular weight is 410 g/mol. The first-order valence-corrected chi connectivity index (χ1v) is 11.7. The van der Waals surface area contributed by atoms with Gasteiger partial charge in [-0.05, 0) is 0 Å². The number of ether oxygens (including phenoxy) is 6. The summed E-state index contributed by atoms with van der Waals surface area (Å²) in [6, 6.07) is 0. The van der Waals surface area contributed by atoms with Gasteiger partial charge in [-0.3, -0.25) is 0 Å². The maximum Gasteiger partial charge on any atom is 0.315 e. The van der Waals surface area contributed by atoms with Gasteiger partial charge in [0, 0.05) is 42.7 Å². The van der Waals surface area contributed by atoms with Gasteiger partial charge in [-0.15, -0.1) is 33.3 Å². The minimum absolute atomic E-state index is 0.207. The van der Waals surface area contributed by atoms with Crippen LogP contribution in [0.4, 0.5) is 0 Å².